The number of aryl methyl sites for hydroxylation is 2. The molecule has 8 atom stereocenters. The number of amides is 2. The predicted molar refractivity (Wildman–Crippen MR) is 203 cm³/mol. The molecule has 1 aliphatic rings. The van der Waals surface area contributed by atoms with Crippen molar-refractivity contribution in [1.29, 1.82) is 0 Å². The van der Waals surface area contributed by atoms with E-state index in [1.54, 1.807) is 17.0 Å². The first-order valence-corrected chi connectivity index (χ1v) is 19.0. The zero-order valence-electron chi connectivity index (χ0n) is 31.7. The van der Waals surface area contributed by atoms with Gasteiger partial charge in [0.1, 0.15) is 43.2 Å². The number of hydrogen-bond acceptors (Lipinski definition) is 17. The molecule has 1 saturated heterocycles. The van der Waals surface area contributed by atoms with Crippen LogP contribution >= 0.6 is 11.6 Å². The van der Waals surface area contributed by atoms with Gasteiger partial charge in [0.05, 0.1) is 38.5 Å². The average molecular weight is 829 g/mol. The second-order valence-corrected chi connectivity index (χ2v) is 14.4. The molecule has 2 aromatic heterocycles. The Labute approximate surface area is 333 Å². The highest BCUT2D eigenvalue weighted by atomic mass is 35.5. The van der Waals surface area contributed by atoms with Gasteiger partial charge in [0, 0.05) is 43.9 Å². The van der Waals surface area contributed by atoms with Crippen LogP contribution < -0.4 is 21.4 Å². The molecule has 3 aromatic rings. The second kappa shape index (κ2) is 20.2. The maximum Gasteiger partial charge on any atom is 0.277 e. The number of nitrogens with one attached hydrogen (secondary N) is 1. The van der Waals surface area contributed by atoms with Gasteiger partial charge in [-0.25, -0.2) is 19.1 Å². The highest BCUT2D eigenvalue weighted by Crippen LogP contribution is 2.24. The lowest BCUT2D eigenvalue weighted by Crippen LogP contribution is -2.56. The Balaban J connectivity index is 1.51. The van der Waals surface area contributed by atoms with Crippen LogP contribution in [0.4, 0.5) is 11.6 Å². The second-order valence-electron chi connectivity index (χ2n) is 14.0. The first-order chi connectivity index (χ1) is 27.0. The fourth-order valence-electron chi connectivity index (χ4n) is 7.09. The summed E-state index contributed by atoms with van der Waals surface area (Å²) in [6.07, 6.45) is -14.0. The first-order valence-electron chi connectivity index (χ1n) is 18.6. The first kappa shape index (κ1) is 45.9. The Hall–Kier alpha value is -3.84. The van der Waals surface area contributed by atoms with Crippen LogP contribution in [-0.2, 0) is 19.6 Å². The number of halogens is 1. The smallest absolute Gasteiger partial charge is 0.277 e. The van der Waals surface area contributed by atoms with Crippen LogP contribution in [0, 0.1) is 0 Å². The van der Waals surface area contributed by atoms with Crippen molar-refractivity contribution in [2.24, 2.45) is 0 Å². The molecule has 0 radical (unpaired) electrons. The number of fused-ring (bicyclic) bond motifs is 1. The third kappa shape index (κ3) is 10.4. The molecule has 318 valence electrons. The van der Waals surface area contributed by atoms with Crippen molar-refractivity contribution in [3.8, 4) is 0 Å². The van der Waals surface area contributed by atoms with Gasteiger partial charge in [0.15, 0.2) is 33.5 Å². The number of imidazole rings is 1. The topological polar surface area (TPSA) is 342 Å². The van der Waals surface area contributed by atoms with Crippen molar-refractivity contribution < 1.29 is 65.2 Å². The number of aromatic nitrogens is 4. The Morgan fingerprint density at radius 3 is 1.93 bits per heavy atom. The van der Waals surface area contributed by atoms with Gasteiger partial charge in [-0.15, -0.1) is 0 Å². The molecule has 21 nitrogen and oxygen atoms in total. The maximum absolute atomic E-state index is 13.9. The predicted octanol–water partition coefficient (Wildman–Crippen LogP) is -4.72. The Morgan fingerprint density at radius 2 is 1.42 bits per heavy atom. The minimum absolute atomic E-state index is 0.0744. The zero-order chi connectivity index (χ0) is 42.3. The maximum atomic E-state index is 13.9. The van der Waals surface area contributed by atoms with Crippen molar-refractivity contribution in [3.05, 3.63) is 40.4 Å². The average Bonchev–Trinajstić information content (AvgIpc) is 3.53. The summed E-state index contributed by atoms with van der Waals surface area (Å²) >= 11 is 5.96. The van der Waals surface area contributed by atoms with E-state index in [2.05, 4.69) is 15.3 Å². The molecular weight excluding hydrogens is 774 g/mol. The van der Waals surface area contributed by atoms with Crippen LogP contribution in [-0.4, -0.2) is 181 Å². The summed E-state index contributed by atoms with van der Waals surface area (Å²) in [7, 11) is 0. The molecule has 2 amide bonds. The zero-order valence-corrected chi connectivity index (χ0v) is 32.5. The minimum Gasteiger partial charge on any atom is -0.394 e. The van der Waals surface area contributed by atoms with E-state index in [1.165, 1.54) is 4.90 Å². The lowest BCUT2D eigenvalue weighted by molar-refractivity contribution is -0.676. The number of benzene rings is 1. The number of carbonyl (C=O) groups excluding carboxylic acids is 2. The third-order valence-corrected chi connectivity index (χ3v) is 10.6. The van der Waals surface area contributed by atoms with Crippen LogP contribution in [0.2, 0.25) is 5.15 Å². The van der Waals surface area contributed by atoms with Gasteiger partial charge in [-0.3, -0.25) is 14.5 Å². The van der Waals surface area contributed by atoms with Crippen molar-refractivity contribution in [1.82, 2.24) is 29.7 Å². The monoisotopic (exact) mass is 828 g/mol. The summed E-state index contributed by atoms with van der Waals surface area (Å²) in [5.41, 5.74) is 13.3. The van der Waals surface area contributed by atoms with Crippen LogP contribution in [0.1, 0.15) is 53.4 Å². The van der Waals surface area contributed by atoms with Crippen molar-refractivity contribution in [2.45, 2.75) is 101 Å². The number of nitrogens with zero attached hydrogens (tertiary/aromatic N) is 6. The summed E-state index contributed by atoms with van der Waals surface area (Å²) in [6, 6.07) is 4.83. The number of nitrogen functional groups attached to an aromatic ring is 2. The van der Waals surface area contributed by atoms with Gasteiger partial charge < -0.3 is 72.7 Å². The molecule has 0 saturated carbocycles. The molecule has 3 heterocycles. The van der Waals surface area contributed by atoms with Gasteiger partial charge in [-0.2, -0.15) is 0 Å². The number of aliphatic hydroxyl groups is 10. The SMILES string of the molecule is CCn1c(CNC(=O)c2nc(Cl)c(N)nc2N)[n+](CC)c2ccc(C(=O)N3CCC(N(C[C@H](O)[C@@H](O)[C@H](O)[C@H](O)CO)C[C@H](O)[C@@H](O)[C@H](O)[C@H](O)CO)CC3)cc21. The number of hydrogen-bond donors (Lipinski definition) is 13. The largest absolute Gasteiger partial charge is 0.394 e. The summed E-state index contributed by atoms with van der Waals surface area (Å²) in [4.78, 5) is 37.9. The van der Waals surface area contributed by atoms with Gasteiger partial charge in [-0.05, 0) is 38.8 Å². The van der Waals surface area contributed by atoms with E-state index in [9.17, 15) is 60.7 Å². The van der Waals surface area contributed by atoms with E-state index >= 15 is 0 Å². The number of piperidine rings is 1. The summed E-state index contributed by atoms with van der Waals surface area (Å²) < 4.78 is 3.97. The third-order valence-electron chi connectivity index (χ3n) is 10.3. The normalized spacial score (nSPS) is 18.2. The Bertz CT molecular complexity index is 1800. The van der Waals surface area contributed by atoms with E-state index < -0.39 is 87.1 Å². The van der Waals surface area contributed by atoms with E-state index in [4.69, 9.17) is 23.1 Å². The minimum atomic E-state index is -1.92. The Kier molecular flexibility index (Phi) is 16.3. The van der Waals surface area contributed by atoms with E-state index in [0.717, 1.165) is 16.9 Å². The van der Waals surface area contributed by atoms with E-state index in [0.29, 0.717) is 31.5 Å². The molecule has 22 heteroatoms. The molecule has 0 spiro atoms. The highest BCUT2D eigenvalue weighted by Gasteiger charge is 2.38. The number of anilines is 2. The number of carbonyl (C=O) groups is 2. The molecule has 57 heavy (non-hydrogen) atoms. The van der Waals surface area contributed by atoms with Crippen molar-refractivity contribution >= 4 is 46.1 Å². The van der Waals surface area contributed by atoms with Gasteiger partial charge in [-0.1, -0.05) is 11.6 Å². The fourth-order valence-corrected chi connectivity index (χ4v) is 7.21. The Morgan fingerprint density at radius 1 is 0.877 bits per heavy atom. The molecule has 1 aliphatic heterocycles. The summed E-state index contributed by atoms with van der Waals surface area (Å²) in [5.74, 6) is -0.424. The van der Waals surface area contributed by atoms with Crippen LogP contribution in [0.25, 0.3) is 11.0 Å². The van der Waals surface area contributed by atoms with Gasteiger partial charge >= 0.3 is 0 Å². The van der Waals surface area contributed by atoms with E-state index in [1.807, 2.05) is 29.0 Å². The number of likely N-dealkylation sites (tertiary alicyclic amines) is 1. The van der Waals surface area contributed by atoms with Crippen LogP contribution in [0.5, 0.6) is 0 Å². The lowest BCUT2D eigenvalue weighted by Gasteiger charge is -2.41. The molecule has 1 fully saturated rings. The molecule has 1 aromatic carbocycles. The quantitative estimate of drug-likeness (QED) is 0.0505. The number of nitrogens with two attached hydrogens (primary N) is 2. The van der Waals surface area contributed by atoms with Crippen LogP contribution in [0.3, 0.4) is 0 Å². The molecule has 4 rings (SSSR count). The number of aliphatic hydroxyl groups excluding tert-OH is 10. The summed E-state index contributed by atoms with van der Waals surface area (Å²) in [5, 5.41) is 103. The molecular formula is C35H55ClN9O12+. The van der Waals surface area contributed by atoms with Crippen LogP contribution in [0.15, 0.2) is 18.2 Å². The standard InChI is InChI=1S/C35H54ClN9O12/c1-3-44-19-6-5-17(11-20(19)45(4-2)25(44)12-39-34(56)26-32(37)41-33(38)31(36)40-26)35(57)42-9-7-18(8-10-42)43(13-21(48)27(52)29(54)23(50)15-46)14-22(49)28(53)30(55)24(51)16-47/h5-6,11,18,21-24,27-30,46-55H,3-4,7-10,12-16H2,1-2H3,(H4-,37,38,39,41,56)/p+1/t21-,22-,23+,24+,27+,28+,29+,30+/m0/s1. The molecule has 0 aliphatic carbocycles. The lowest BCUT2D eigenvalue weighted by atomic mass is 9.97. The van der Waals surface area contributed by atoms with Gasteiger partial charge in [0.2, 0.25) is 0 Å². The molecule has 0 unspecified atom stereocenters. The summed E-state index contributed by atoms with van der Waals surface area (Å²) in [6.45, 7) is 2.83. The van der Waals surface area contributed by atoms with Gasteiger partial charge in [0.25, 0.3) is 17.6 Å². The fraction of sp³-hybridized carbons (Fsp3) is 0.629. The van der Waals surface area contributed by atoms with Crippen molar-refractivity contribution in [3.63, 3.8) is 0 Å². The van der Waals surface area contributed by atoms with E-state index in [-0.39, 0.29) is 48.0 Å². The van der Waals surface area contributed by atoms with Crippen molar-refractivity contribution in [2.75, 3.05) is 50.9 Å². The highest BCUT2D eigenvalue weighted by molar-refractivity contribution is 6.31. The number of rotatable bonds is 19. The molecule has 15 N–H and O–H groups in total. The molecule has 0 bridgehead atoms.